The van der Waals surface area contributed by atoms with E-state index in [2.05, 4.69) is 39.2 Å². The average molecular weight is 448 g/mol. The van der Waals surface area contributed by atoms with Crippen LogP contribution in [0.3, 0.4) is 0 Å². The predicted molar refractivity (Wildman–Crippen MR) is 118 cm³/mol. The summed E-state index contributed by atoms with van der Waals surface area (Å²) in [6, 6.07) is -0.857. The fourth-order valence-electron chi connectivity index (χ4n) is 2.61. The number of carbonyl (C=O) groups excluding carboxylic acids is 3. The van der Waals surface area contributed by atoms with Gasteiger partial charge in [0.15, 0.2) is 8.32 Å². The molecular weight excluding hydrogens is 410 g/mol. The van der Waals surface area contributed by atoms with Crippen molar-refractivity contribution in [1.29, 1.82) is 0 Å². The molecule has 1 N–H and O–H groups in total. The Balaban J connectivity index is 2.79. The number of rotatable bonds is 7. The zero-order chi connectivity index (χ0) is 22.6. The molecule has 1 rings (SSSR count). The summed E-state index contributed by atoms with van der Waals surface area (Å²) < 4.78 is 16.5. The molecule has 1 amide bonds. The summed E-state index contributed by atoms with van der Waals surface area (Å²) in [6.45, 7) is 16.1. The van der Waals surface area contributed by atoms with Crippen molar-refractivity contribution in [3.63, 3.8) is 0 Å². The number of carbonyl (C=O) groups is 3. The molecule has 0 heterocycles. The number of ether oxygens (including phenoxy) is 2. The summed E-state index contributed by atoms with van der Waals surface area (Å²) in [6.07, 6.45) is -0.0464. The molecule has 0 bridgehead atoms. The quantitative estimate of drug-likeness (QED) is 0.467. The van der Waals surface area contributed by atoms with Gasteiger partial charge in [0.25, 0.3) is 0 Å². The Hall–Kier alpha value is -1.06. The summed E-state index contributed by atoms with van der Waals surface area (Å²) >= 11 is 1.46. The lowest BCUT2D eigenvalue weighted by Crippen LogP contribution is -2.47. The molecule has 0 saturated heterocycles. The number of methoxy groups -OCH3 is 1. The number of alkyl carbamates (subject to hydrolysis) is 1. The van der Waals surface area contributed by atoms with Gasteiger partial charge in [-0.25, -0.2) is 9.59 Å². The van der Waals surface area contributed by atoms with Crippen LogP contribution in [0.1, 0.15) is 54.4 Å². The molecule has 0 radical (unpaired) electrons. The van der Waals surface area contributed by atoms with Crippen LogP contribution < -0.4 is 5.32 Å². The van der Waals surface area contributed by atoms with Crippen LogP contribution in [0, 0.1) is 0 Å². The molecule has 0 aromatic heterocycles. The van der Waals surface area contributed by atoms with Gasteiger partial charge in [0.2, 0.25) is 0 Å². The third-order valence-electron chi connectivity index (χ3n) is 5.18. The Morgan fingerprint density at radius 1 is 1.17 bits per heavy atom. The van der Waals surface area contributed by atoms with Gasteiger partial charge in [-0.05, 0) is 38.9 Å². The number of Topliss-reactive ketones (excluding diaryl/α,β-unsaturated/α-hetero) is 1. The van der Waals surface area contributed by atoms with Crippen molar-refractivity contribution >= 4 is 37.9 Å². The molecule has 1 fully saturated rings. The van der Waals surface area contributed by atoms with E-state index in [1.165, 1.54) is 18.9 Å². The van der Waals surface area contributed by atoms with E-state index in [0.29, 0.717) is 12.8 Å². The van der Waals surface area contributed by atoms with Crippen molar-refractivity contribution in [1.82, 2.24) is 5.32 Å². The molecule has 1 saturated carbocycles. The highest BCUT2D eigenvalue weighted by Crippen LogP contribution is 2.41. The van der Waals surface area contributed by atoms with Crippen molar-refractivity contribution in [2.75, 3.05) is 12.9 Å². The monoisotopic (exact) mass is 447 g/mol. The second kappa shape index (κ2) is 9.83. The van der Waals surface area contributed by atoms with E-state index in [-0.39, 0.29) is 27.9 Å². The first-order chi connectivity index (χ1) is 13.1. The number of hydrogen-bond donors (Lipinski definition) is 1. The van der Waals surface area contributed by atoms with E-state index < -0.39 is 32.0 Å². The minimum atomic E-state index is -2.03. The number of ketones is 1. The third-order valence-corrected chi connectivity index (χ3v) is 11.1. The van der Waals surface area contributed by atoms with Crippen molar-refractivity contribution in [2.45, 2.75) is 95.5 Å². The Bertz CT molecular complexity index is 611. The van der Waals surface area contributed by atoms with Gasteiger partial charge in [-0.2, -0.15) is 11.8 Å². The average Bonchev–Trinajstić information content (AvgIpc) is 2.86. The maximum atomic E-state index is 12.1. The van der Waals surface area contributed by atoms with Crippen molar-refractivity contribution < 1.29 is 28.3 Å². The molecule has 7 nitrogen and oxygen atoms in total. The van der Waals surface area contributed by atoms with Gasteiger partial charge in [-0.1, -0.05) is 20.8 Å². The number of esters is 1. The summed E-state index contributed by atoms with van der Waals surface area (Å²) in [5.74, 6) is -0.100. The van der Waals surface area contributed by atoms with Crippen LogP contribution in [-0.2, 0) is 23.5 Å². The minimum absolute atomic E-state index is 0.0423. The van der Waals surface area contributed by atoms with Crippen LogP contribution in [0.2, 0.25) is 18.1 Å². The molecule has 0 aliphatic heterocycles. The van der Waals surface area contributed by atoms with E-state index >= 15 is 0 Å². The first-order valence-electron chi connectivity index (χ1n) is 9.94. The smallest absolute Gasteiger partial charge is 0.408 e. The first-order valence-corrected chi connectivity index (χ1v) is 13.9. The van der Waals surface area contributed by atoms with Gasteiger partial charge in [-0.3, -0.25) is 4.79 Å². The number of thioether (sulfide) groups is 1. The van der Waals surface area contributed by atoms with E-state index in [1.54, 1.807) is 20.8 Å². The molecule has 0 aromatic rings. The highest BCUT2D eigenvalue weighted by molar-refractivity contribution is 8.00. The van der Waals surface area contributed by atoms with Gasteiger partial charge in [0.1, 0.15) is 17.4 Å². The molecule has 1 aliphatic rings. The van der Waals surface area contributed by atoms with Gasteiger partial charge in [-0.15, -0.1) is 0 Å². The molecule has 29 heavy (non-hydrogen) atoms. The zero-order valence-electron chi connectivity index (χ0n) is 19.2. The van der Waals surface area contributed by atoms with Crippen molar-refractivity contribution in [3.8, 4) is 0 Å². The summed E-state index contributed by atoms with van der Waals surface area (Å²) in [5, 5.41) is 2.56. The fourth-order valence-corrected chi connectivity index (χ4v) is 5.40. The second-order valence-electron chi connectivity index (χ2n) is 9.96. The molecule has 168 valence electrons. The Morgan fingerprint density at radius 3 is 2.24 bits per heavy atom. The van der Waals surface area contributed by atoms with E-state index in [9.17, 15) is 14.4 Å². The largest absolute Gasteiger partial charge is 0.467 e. The second-order valence-corrected chi connectivity index (χ2v) is 16.0. The van der Waals surface area contributed by atoms with Crippen LogP contribution in [0.25, 0.3) is 0 Å². The third kappa shape index (κ3) is 8.30. The van der Waals surface area contributed by atoms with Crippen LogP contribution in [0.15, 0.2) is 0 Å². The summed E-state index contributed by atoms with van der Waals surface area (Å²) in [4.78, 5) is 36.3. The lowest BCUT2D eigenvalue weighted by molar-refractivity contribution is -0.142. The minimum Gasteiger partial charge on any atom is -0.467 e. The number of hydrogen-bond acceptors (Lipinski definition) is 7. The molecule has 0 spiro atoms. The first kappa shape index (κ1) is 26.0. The lowest BCUT2D eigenvalue weighted by Gasteiger charge is -2.39. The van der Waals surface area contributed by atoms with Crippen molar-refractivity contribution in [2.24, 2.45) is 0 Å². The Morgan fingerprint density at radius 2 is 1.76 bits per heavy atom. The predicted octanol–water partition coefficient (Wildman–Crippen LogP) is 3.91. The maximum Gasteiger partial charge on any atom is 0.408 e. The van der Waals surface area contributed by atoms with Gasteiger partial charge in [0.05, 0.1) is 13.2 Å². The highest BCUT2D eigenvalue weighted by Gasteiger charge is 2.44. The van der Waals surface area contributed by atoms with Crippen LogP contribution in [0.5, 0.6) is 0 Å². The summed E-state index contributed by atoms with van der Waals surface area (Å²) in [7, 11) is -0.749. The number of nitrogens with one attached hydrogen (secondary N) is 1. The van der Waals surface area contributed by atoms with Crippen LogP contribution in [0.4, 0.5) is 4.79 Å². The molecule has 3 atom stereocenters. The zero-order valence-corrected chi connectivity index (χ0v) is 21.0. The van der Waals surface area contributed by atoms with E-state index in [4.69, 9.17) is 13.9 Å². The Kier molecular flexibility index (Phi) is 8.80. The highest BCUT2D eigenvalue weighted by atomic mass is 32.2. The SMILES string of the molecule is COC(=O)C(CSC1CC(=O)C[C@@H]1O[Si](C)(C)C(C)(C)C)NC(=O)OC(C)(C)C. The molecule has 0 aromatic carbocycles. The maximum absolute atomic E-state index is 12.1. The van der Waals surface area contributed by atoms with Gasteiger partial charge >= 0.3 is 12.1 Å². The number of amides is 1. The van der Waals surface area contributed by atoms with Crippen LogP contribution >= 0.6 is 11.8 Å². The van der Waals surface area contributed by atoms with Gasteiger partial charge < -0.3 is 19.2 Å². The summed E-state index contributed by atoms with van der Waals surface area (Å²) in [5.41, 5.74) is -0.669. The lowest BCUT2D eigenvalue weighted by atomic mass is 10.2. The molecular formula is C20H37NO6SSi. The molecule has 2 unspecified atom stereocenters. The molecule has 9 heteroatoms. The standard InChI is InChI=1S/C20H37NO6SSi/c1-19(2,3)26-18(24)21-14(17(23)25-7)12-28-16-11-13(22)10-15(16)27-29(8,9)20(4,5)6/h14-16H,10-12H2,1-9H3,(H,21,24)/t14?,15-,16?/m0/s1. The van der Waals surface area contributed by atoms with E-state index in [0.717, 1.165) is 0 Å². The van der Waals surface area contributed by atoms with Crippen molar-refractivity contribution in [3.05, 3.63) is 0 Å². The van der Waals surface area contributed by atoms with E-state index in [1.807, 2.05) is 0 Å². The normalized spacial score (nSPS) is 21.6. The Labute approximate surface area is 180 Å². The fraction of sp³-hybridized carbons (Fsp3) is 0.850. The van der Waals surface area contributed by atoms with Gasteiger partial charge in [0, 0.05) is 23.8 Å². The van der Waals surface area contributed by atoms with Crippen LogP contribution in [-0.4, -0.2) is 62.0 Å². The molecule has 1 aliphatic carbocycles. The topological polar surface area (TPSA) is 90.9 Å².